The van der Waals surface area contributed by atoms with Crippen LogP contribution in [0.5, 0.6) is 0 Å². The maximum Gasteiger partial charge on any atom is 0.323 e. The molecule has 0 spiro atoms. The summed E-state index contributed by atoms with van der Waals surface area (Å²) in [4.78, 5) is 24.6. The van der Waals surface area contributed by atoms with Crippen molar-refractivity contribution < 1.29 is 14.7 Å². The first-order valence-electron chi connectivity index (χ1n) is 6.88. The second kappa shape index (κ2) is 6.41. The third-order valence-corrected chi connectivity index (χ3v) is 3.57. The summed E-state index contributed by atoms with van der Waals surface area (Å²) in [5.74, 6) is -0.884. The van der Waals surface area contributed by atoms with Crippen LogP contribution in [0.3, 0.4) is 0 Å². The number of aliphatic carboxylic acids is 1. The molecule has 2 rings (SSSR count). The quantitative estimate of drug-likeness (QED) is 0.875. The molecule has 0 radical (unpaired) electrons. The van der Waals surface area contributed by atoms with Crippen LogP contribution >= 0.6 is 0 Å². The van der Waals surface area contributed by atoms with Gasteiger partial charge in [-0.25, -0.2) is 0 Å². The maximum atomic E-state index is 11.7. The van der Waals surface area contributed by atoms with Crippen molar-refractivity contribution in [3.63, 3.8) is 0 Å². The number of aryl methyl sites for hydroxylation is 1. The second-order valence-corrected chi connectivity index (χ2v) is 5.21. The molecule has 1 unspecified atom stereocenters. The van der Waals surface area contributed by atoms with E-state index >= 15 is 0 Å². The van der Waals surface area contributed by atoms with Crippen molar-refractivity contribution in [1.29, 1.82) is 0 Å². The molecule has 5 nitrogen and oxygen atoms in total. The summed E-state index contributed by atoms with van der Waals surface area (Å²) in [7, 11) is 0. The Hall–Kier alpha value is -2.04. The number of amides is 1. The van der Waals surface area contributed by atoms with Gasteiger partial charge in [0.25, 0.3) is 0 Å². The zero-order chi connectivity index (χ0) is 14.5. The summed E-state index contributed by atoms with van der Waals surface area (Å²) in [6.45, 7) is 2.58. The van der Waals surface area contributed by atoms with Gasteiger partial charge in [-0.15, -0.1) is 0 Å². The molecule has 20 heavy (non-hydrogen) atoms. The first kappa shape index (κ1) is 14.4. The summed E-state index contributed by atoms with van der Waals surface area (Å²) in [5, 5.41) is 12.0. The van der Waals surface area contributed by atoms with E-state index in [-0.39, 0.29) is 18.5 Å². The summed E-state index contributed by atoms with van der Waals surface area (Å²) in [6, 6.07) is 7.70. The SMILES string of the molecule is Cc1ccc(N(CC(=O)O)C2CCCNC(=O)C2)cc1. The minimum Gasteiger partial charge on any atom is -0.480 e. The fourth-order valence-electron chi connectivity index (χ4n) is 2.53. The minimum atomic E-state index is -0.879. The molecule has 5 heteroatoms. The number of benzene rings is 1. The van der Waals surface area contributed by atoms with Gasteiger partial charge in [0.2, 0.25) is 5.91 Å². The predicted molar refractivity (Wildman–Crippen MR) is 76.8 cm³/mol. The number of hydrogen-bond donors (Lipinski definition) is 2. The first-order chi connectivity index (χ1) is 9.56. The topological polar surface area (TPSA) is 69.6 Å². The molecule has 1 heterocycles. The standard InChI is InChI=1S/C15H20N2O3/c1-11-4-6-12(7-5-11)17(10-15(19)20)13-3-2-8-16-14(18)9-13/h4-7,13H,2-3,8-10H2,1H3,(H,16,18)(H,19,20). The van der Waals surface area contributed by atoms with Crippen molar-refractivity contribution in [2.24, 2.45) is 0 Å². The second-order valence-electron chi connectivity index (χ2n) is 5.21. The Balaban J connectivity index is 2.23. The molecular formula is C15H20N2O3. The van der Waals surface area contributed by atoms with E-state index in [2.05, 4.69) is 5.32 Å². The van der Waals surface area contributed by atoms with Crippen LogP contribution in [0.1, 0.15) is 24.8 Å². The predicted octanol–water partition coefficient (Wildman–Crippen LogP) is 1.55. The molecule has 1 aliphatic heterocycles. The lowest BCUT2D eigenvalue weighted by molar-refractivity contribution is -0.135. The van der Waals surface area contributed by atoms with Crippen LogP contribution in [-0.4, -0.2) is 36.1 Å². The number of carboxylic acids is 1. The van der Waals surface area contributed by atoms with E-state index in [1.807, 2.05) is 36.1 Å². The minimum absolute atomic E-state index is 0.00463. The summed E-state index contributed by atoms with van der Waals surface area (Å²) in [5.41, 5.74) is 1.99. The molecule has 2 N–H and O–H groups in total. The first-order valence-corrected chi connectivity index (χ1v) is 6.88. The highest BCUT2D eigenvalue weighted by Gasteiger charge is 2.25. The number of hydrogen-bond acceptors (Lipinski definition) is 3. The number of carboxylic acid groups (broad SMARTS) is 1. The van der Waals surface area contributed by atoms with Gasteiger partial charge in [-0.3, -0.25) is 9.59 Å². The van der Waals surface area contributed by atoms with Crippen LogP contribution in [0.25, 0.3) is 0 Å². The lowest BCUT2D eigenvalue weighted by atomic mass is 10.1. The number of rotatable bonds is 4. The smallest absolute Gasteiger partial charge is 0.323 e. The molecule has 1 saturated heterocycles. The lowest BCUT2D eigenvalue weighted by Gasteiger charge is -2.31. The van der Waals surface area contributed by atoms with E-state index in [4.69, 9.17) is 5.11 Å². The Kier molecular flexibility index (Phi) is 4.61. The van der Waals surface area contributed by atoms with Crippen LogP contribution in [0.15, 0.2) is 24.3 Å². The van der Waals surface area contributed by atoms with E-state index in [0.29, 0.717) is 13.0 Å². The van der Waals surface area contributed by atoms with Crippen molar-refractivity contribution in [1.82, 2.24) is 5.32 Å². The number of nitrogens with one attached hydrogen (secondary N) is 1. The Morgan fingerprint density at radius 1 is 1.40 bits per heavy atom. The lowest BCUT2D eigenvalue weighted by Crippen LogP contribution is -2.40. The van der Waals surface area contributed by atoms with E-state index in [9.17, 15) is 9.59 Å². The van der Waals surface area contributed by atoms with Crippen molar-refractivity contribution in [3.8, 4) is 0 Å². The highest BCUT2D eigenvalue weighted by molar-refractivity contribution is 5.79. The summed E-state index contributed by atoms with van der Waals surface area (Å²) < 4.78 is 0. The number of anilines is 1. The average Bonchev–Trinajstić information content (AvgIpc) is 2.61. The Morgan fingerprint density at radius 3 is 2.75 bits per heavy atom. The fourth-order valence-corrected chi connectivity index (χ4v) is 2.53. The molecule has 1 aromatic rings. The van der Waals surface area contributed by atoms with Gasteiger partial charge in [0.05, 0.1) is 0 Å². The normalized spacial score (nSPS) is 19.1. The van der Waals surface area contributed by atoms with E-state index < -0.39 is 5.97 Å². The molecule has 1 amide bonds. The Morgan fingerprint density at radius 2 is 2.10 bits per heavy atom. The summed E-state index contributed by atoms with van der Waals surface area (Å²) >= 11 is 0. The van der Waals surface area contributed by atoms with Gasteiger partial charge in [-0.2, -0.15) is 0 Å². The van der Waals surface area contributed by atoms with Gasteiger partial charge in [0.15, 0.2) is 0 Å². The van der Waals surface area contributed by atoms with Gasteiger partial charge in [0, 0.05) is 24.7 Å². The zero-order valence-electron chi connectivity index (χ0n) is 11.6. The Labute approximate surface area is 118 Å². The highest BCUT2D eigenvalue weighted by atomic mass is 16.4. The molecule has 1 aliphatic rings. The molecule has 1 atom stereocenters. The molecule has 0 saturated carbocycles. The molecular weight excluding hydrogens is 256 g/mol. The third-order valence-electron chi connectivity index (χ3n) is 3.57. The molecule has 0 bridgehead atoms. The van der Waals surface area contributed by atoms with Gasteiger partial charge in [-0.05, 0) is 31.9 Å². The zero-order valence-corrected chi connectivity index (χ0v) is 11.6. The molecule has 0 aromatic heterocycles. The fraction of sp³-hybridized carbons (Fsp3) is 0.467. The number of nitrogens with zero attached hydrogens (tertiary/aromatic N) is 1. The van der Waals surface area contributed by atoms with E-state index in [1.165, 1.54) is 0 Å². The van der Waals surface area contributed by atoms with E-state index in [1.54, 1.807) is 0 Å². The van der Waals surface area contributed by atoms with Crippen LogP contribution in [0.2, 0.25) is 0 Å². The van der Waals surface area contributed by atoms with Crippen LogP contribution in [-0.2, 0) is 9.59 Å². The van der Waals surface area contributed by atoms with Crippen LogP contribution in [0, 0.1) is 6.92 Å². The Bertz CT molecular complexity index is 484. The van der Waals surface area contributed by atoms with Crippen molar-refractivity contribution in [2.45, 2.75) is 32.2 Å². The monoisotopic (exact) mass is 276 g/mol. The number of carbonyl (C=O) groups is 2. The highest BCUT2D eigenvalue weighted by Crippen LogP contribution is 2.23. The van der Waals surface area contributed by atoms with Gasteiger partial charge in [0.1, 0.15) is 6.54 Å². The van der Waals surface area contributed by atoms with Crippen molar-refractivity contribution >= 4 is 17.6 Å². The van der Waals surface area contributed by atoms with Gasteiger partial charge < -0.3 is 15.3 Å². The molecule has 1 fully saturated rings. The van der Waals surface area contributed by atoms with Gasteiger partial charge in [-0.1, -0.05) is 17.7 Å². The molecule has 108 valence electrons. The maximum absolute atomic E-state index is 11.7. The van der Waals surface area contributed by atoms with Crippen LogP contribution in [0.4, 0.5) is 5.69 Å². The summed E-state index contributed by atoms with van der Waals surface area (Å²) in [6.07, 6.45) is 2.04. The third kappa shape index (κ3) is 3.73. The molecule has 1 aromatic carbocycles. The molecule has 0 aliphatic carbocycles. The van der Waals surface area contributed by atoms with Crippen LogP contribution < -0.4 is 10.2 Å². The van der Waals surface area contributed by atoms with Gasteiger partial charge >= 0.3 is 5.97 Å². The van der Waals surface area contributed by atoms with Crippen molar-refractivity contribution in [2.75, 3.05) is 18.0 Å². The average molecular weight is 276 g/mol. The van der Waals surface area contributed by atoms with E-state index in [0.717, 1.165) is 24.1 Å². The largest absolute Gasteiger partial charge is 0.480 e. The van der Waals surface area contributed by atoms with Crippen molar-refractivity contribution in [3.05, 3.63) is 29.8 Å². The number of carbonyl (C=O) groups excluding carboxylic acids is 1.